The maximum Gasteiger partial charge on any atom is 0.255 e. The van der Waals surface area contributed by atoms with E-state index in [1.165, 1.54) is 6.42 Å². The van der Waals surface area contributed by atoms with Crippen LogP contribution in [-0.4, -0.2) is 28.9 Å². The molecule has 2 N–H and O–H groups in total. The Morgan fingerprint density at radius 1 is 1.30 bits per heavy atom. The van der Waals surface area contributed by atoms with Gasteiger partial charge in [0, 0.05) is 19.3 Å². The second-order valence-electron chi connectivity index (χ2n) is 6.76. The van der Waals surface area contributed by atoms with E-state index in [1.807, 2.05) is 4.90 Å². The summed E-state index contributed by atoms with van der Waals surface area (Å²) in [6, 6.07) is 3.44. The average Bonchev–Trinajstić information content (AvgIpc) is 2.64. The first-order valence-electron chi connectivity index (χ1n) is 7.39. The molecule has 0 radical (unpaired) electrons. The molecule has 1 saturated heterocycles. The first kappa shape index (κ1) is 14.8. The quantitative estimate of drug-likeness (QED) is 0.857. The number of nitrogen functional groups attached to an aromatic ring is 1. The van der Waals surface area contributed by atoms with Gasteiger partial charge in [-0.15, -0.1) is 0 Å². The van der Waals surface area contributed by atoms with Gasteiger partial charge in [-0.25, -0.2) is 4.98 Å². The van der Waals surface area contributed by atoms with E-state index in [1.54, 1.807) is 18.3 Å². The van der Waals surface area contributed by atoms with Crippen molar-refractivity contribution in [1.82, 2.24) is 9.88 Å². The normalized spacial score (nSPS) is 20.6. The third-order valence-electron chi connectivity index (χ3n) is 4.27. The van der Waals surface area contributed by atoms with E-state index in [0.29, 0.717) is 22.7 Å². The van der Waals surface area contributed by atoms with Crippen LogP contribution < -0.4 is 5.73 Å². The number of amides is 1. The molecule has 1 atom stereocenters. The van der Waals surface area contributed by atoms with Crippen molar-refractivity contribution in [2.75, 3.05) is 18.8 Å². The molecule has 2 heterocycles. The molecular weight excluding hydrogens is 250 g/mol. The SMILES string of the molecule is CC(C)(C)C1CCCN(C(=O)c2ccc(N)nc2)CC1. The van der Waals surface area contributed by atoms with Crippen LogP contribution in [0.15, 0.2) is 18.3 Å². The number of likely N-dealkylation sites (tertiary alicyclic amines) is 1. The number of pyridine rings is 1. The number of nitrogens with two attached hydrogens (primary N) is 1. The molecule has 1 amide bonds. The van der Waals surface area contributed by atoms with Gasteiger partial charge in [0.05, 0.1) is 5.56 Å². The van der Waals surface area contributed by atoms with Gasteiger partial charge in [0.2, 0.25) is 0 Å². The molecule has 0 bridgehead atoms. The predicted octanol–water partition coefficient (Wildman–Crippen LogP) is 2.95. The molecule has 1 fully saturated rings. The fraction of sp³-hybridized carbons (Fsp3) is 0.625. The Labute approximate surface area is 121 Å². The van der Waals surface area contributed by atoms with Gasteiger partial charge in [0.1, 0.15) is 5.82 Å². The van der Waals surface area contributed by atoms with Gasteiger partial charge in [-0.1, -0.05) is 20.8 Å². The maximum absolute atomic E-state index is 12.5. The number of nitrogens with zero attached hydrogens (tertiary/aromatic N) is 2. The van der Waals surface area contributed by atoms with E-state index in [4.69, 9.17) is 5.73 Å². The Bertz CT molecular complexity index is 462. The summed E-state index contributed by atoms with van der Waals surface area (Å²) in [5, 5.41) is 0. The van der Waals surface area contributed by atoms with Gasteiger partial charge in [-0.2, -0.15) is 0 Å². The van der Waals surface area contributed by atoms with Crippen LogP contribution in [0, 0.1) is 11.3 Å². The maximum atomic E-state index is 12.5. The van der Waals surface area contributed by atoms with Crippen LogP contribution in [0.2, 0.25) is 0 Å². The van der Waals surface area contributed by atoms with Crippen LogP contribution in [-0.2, 0) is 0 Å². The molecule has 1 aliphatic heterocycles. The lowest BCUT2D eigenvalue weighted by Gasteiger charge is -2.29. The zero-order chi connectivity index (χ0) is 14.8. The number of anilines is 1. The van der Waals surface area contributed by atoms with Crippen molar-refractivity contribution in [2.45, 2.75) is 40.0 Å². The summed E-state index contributed by atoms with van der Waals surface area (Å²) in [5.41, 5.74) is 6.51. The number of carbonyl (C=O) groups is 1. The monoisotopic (exact) mass is 275 g/mol. The van der Waals surface area contributed by atoms with Crippen LogP contribution in [0.4, 0.5) is 5.82 Å². The van der Waals surface area contributed by atoms with Crippen molar-refractivity contribution in [3.05, 3.63) is 23.9 Å². The van der Waals surface area contributed by atoms with Gasteiger partial charge < -0.3 is 10.6 Å². The molecule has 1 aromatic heterocycles. The lowest BCUT2D eigenvalue weighted by atomic mass is 9.77. The first-order chi connectivity index (χ1) is 9.38. The van der Waals surface area contributed by atoms with Crippen LogP contribution >= 0.6 is 0 Å². The number of aromatic nitrogens is 1. The highest BCUT2D eigenvalue weighted by Gasteiger charge is 2.28. The summed E-state index contributed by atoms with van der Waals surface area (Å²) in [4.78, 5) is 18.4. The summed E-state index contributed by atoms with van der Waals surface area (Å²) in [6.07, 6.45) is 4.94. The van der Waals surface area contributed by atoms with E-state index in [2.05, 4.69) is 25.8 Å². The molecule has 0 spiro atoms. The standard InChI is InChI=1S/C16H25N3O/c1-16(2,3)13-5-4-9-19(10-8-13)15(20)12-6-7-14(17)18-11-12/h6-7,11,13H,4-5,8-10H2,1-3H3,(H2,17,18). The molecule has 0 aromatic carbocycles. The third-order valence-corrected chi connectivity index (χ3v) is 4.27. The molecule has 1 unspecified atom stereocenters. The third kappa shape index (κ3) is 3.50. The largest absolute Gasteiger partial charge is 0.384 e. The van der Waals surface area contributed by atoms with Crippen LogP contribution in [0.5, 0.6) is 0 Å². The Balaban J connectivity index is 2.03. The first-order valence-corrected chi connectivity index (χ1v) is 7.39. The topological polar surface area (TPSA) is 59.2 Å². The van der Waals surface area contributed by atoms with E-state index < -0.39 is 0 Å². The van der Waals surface area contributed by atoms with E-state index >= 15 is 0 Å². The minimum absolute atomic E-state index is 0.0760. The summed E-state index contributed by atoms with van der Waals surface area (Å²) in [5.74, 6) is 1.21. The molecule has 110 valence electrons. The smallest absolute Gasteiger partial charge is 0.255 e. The molecule has 2 rings (SSSR count). The Morgan fingerprint density at radius 2 is 2.05 bits per heavy atom. The van der Waals surface area contributed by atoms with Gasteiger partial charge in [-0.3, -0.25) is 4.79 Å². The highest BCUT2D eigenvalue weighted by atomic mass is 16.2. The highest BCUT2D eigenvalue weighted by Crippen LogP contribution is 2.34. The van der Waals surface area contributed by atoms with Crippen LogP contribution in [0.25, 0.3) is 0 Å². The van der Waals surface area contributed by atoms with E-state index in [9.17, 15) is 4.79 Å². The second-order valence-corrected chi connectivity index (χ2v) is 6.76. The van der Waals surface area contributed by atoms with Crippen molar-refractivity contribution in [3.63, 3.8) is 0 Å². The van der Waals surface area contributed by atoms with Gasteiger partial charge in [0.25, 0.3) is 5.91 Å². The lowest BCUT2D eigenvalue weighted by molar-refractivity contribution is 0.0755. The average molecular weight is 275 g/mol. The fourth-order valence-corrected chi connectivity index (χ4v) is 2.88. The minimum Gasteiger partial charge on any atom is -0.384 e. The minimum atomic E-state index is 0.0760. The lowest BCUT2D eigenvalue weighted by Crippen LogP contribution is -2.32. The summed E-state index contributed by atoms with van der Waals surface area (Å²) in [7, 11) is 0. The van der Waals surface area contributed by atoms with E-state index in [0.717, 1.165) is 25.9 Å². The fourth-order valence-electron chi connectivity index (χ4n) is 2.88. The van der Waals surface area contributed by atoms with Crippen molar-refractivity contribution in [1.29, 1.82) is 0 Å². The van der Waals surface area contributed by atoms with Crippen LogP contribution in [0.3, 0.4) is 0 Å². The van der Waals surface area contributed by atoms with E-state index in [-0.39, 0.29) is 5.91 Å². The number of hydrogen-bond acceptors (Lipinski definition) is 3. The van der Waals surface area contributed by atoms with Gasteiger partial charge >= 0.3 is 0 Å². The van der Waals surface area contributed by atoms with Crippen LogP contribution in [0.1, 0.15) is 50.4 Å². The zero-order valence-corrected chi connectivity index (χ0v) is 12.7. The molecule has 4 heteroatoms. The number of rotatable bonds is 1. The number of hydrogen-bond donors (Lipinski definition) is 1. The zero-order valence-electron chi connectivity index (χ0n) is 12.7. The number of carbonyl (C=O) groups excluding carboxylic acids is 1. The summed E-state index contributed by atoms with van der Waals surface area (Å²) < 4.78 is 0. The van der Waals surface area contributed by atoms with Crippen molar-refractivity contribution < 1.29 is 4.79 Å². The molecule has 0 saturated carbocycles. The second kappa shape index (κ2) is 5.81. The molecule has 20 heavy (non-hydrogen) atoms. The van der Waals surface area contributed by atoms with Gasteiger partial charge in [0.15, 0.2) is 0 Å². The summed E-state index contributed by atoms with van der Waals surface area (Å²) in [6.45, 7) is 8.55. The van der Waals surface area contributed by atoms with Gasteiger partial charge in [-0.05, 0) is 42.7 Å². The molecular formula is C16H25N3O. The Morgan fingerprint density at radius 3 is 2.65 bits per heavy atom. The Kier molecular flexibility index (Phi) is 4.31. The molecule has 0 aliphatic carbocycles. The molecule has 1 aliphatic rings. The highest BCUT2D eigenvalue weighted by molar-refractivity contribution is 5.94. The summed E-state index contributed by atoms with van der Waals surface area (Å²) >= 11 is 0. The molecule has 4 nitrogen and oxygen atoms in total. The van der Waals surface area contributed by atoms with Crippen molar-refractivity contribution >= 4 is 11.7 Å². The molecule has 1 aromatic rings. The Hall–Kier alpha value is -1.58. The predicted molar refractivity (Wildman–Crippen MR) is 81.3 cm³/mol. The van der Waals surface area contributed by atoms with Crippen molar-refractivity contribution in [3.8, 4) is 0 Å². The van der Waals surface area contributed by atoms with Crippen molar-refractivity contribution in [2.24, 2.45) is 11.3 Å².